The van der Waals surface area contributed by atoms with Crippen LogP contribution in [-0.2, 0) is 24.3 Å². The van der Waals surface area contributed by atoms with E-state index in [1.807, 2.05) is 0 Å². The van der Waals surface area contributed by atoms with E-state index in [0.717, 1.165) is 6.92 Å². The van der Waals surface area contributed by atoms with E-state index in [9.17, 15) is 0 Å². The van der Waals surface area contributed by atoms with Crippen LogP contribution in [0, 0.1) is 0 Å². The SMILES string of the molecule is CC(=O)O.Cl.[Ca+2].[Zn+2]. The molecule has 0 atom stereocenters. The summed E-state index contributed by atoms with van der Waals surface area (Å²) in [7, 11) is 0. The second kappa shape index (κ2) is 15.6. The molecule has 32 valence electrons. The van der Waals surface area contributed by atoms with Crippen LogP contribution in [0.3, 0.4) is 0 Å². The van der Waals surface area contributed by atoms with E-state index >= 15 is 0 Å². The Morgan fingerprint density at radius 2 is 1.57 bits per heavy atom. The van der Waals surface area contributed by atoms with E-state index < -0.39 is 5.97 Å². The fourth-order valence-electron chi connectivity index (χ4n) is 0. The van der Waals surface area contributed by atoms with E-state index in [1.165, 1.54) is 0 Å². The summed E-state index contributed by atoms with van der Waals surface area (Å²) in [5, 5.41) is 7.42. The van der Waals surface area contributed by atoms with Crippen molar-refractivity contribution in [2.45, 2.75) is 6.92 Å². The largest absolute Gasteiger partial charge is 2.00 e. The van der Waals surface area contributed by atoms with Crippen LogP contribution in [0.15, 0.2) is 0 Å². The number of carbonyl (C=O) groups is 1. The zero-order valence-corrected chi connectivity index (χ0v) is 10.2. The molecule has 0 aromatic carbocycles. The first-order chi connectivity index (χ1) is 1.73. The molecule has 0 amide bonds. The van der Waals surface area contributed by atoms with Gasteiger partial charge in [-0.15, -0.1) is 12.4 Å². The van der Waals surface area contributed by atoms with Crippen molar-refractivity contribution in [3.63, 3.8) is 0 Å². The number of carboxylic acids is 1. The van der Waals surface area contributed by atoms with Crippen LogP contribution in [0.25, 0.3) is 0 Å². The van der Waals surface area contributed by atoms with Crippen molar-refractivity contribution in [1.29, 1.82) is 0 Å². The van der Waals surface area contributed by atoms with Crippen LogP contribution in [0.1, 0.15) is 6.92 Å². The van der Waals surface area contributed by atoms with Crippen LogP contribution in [0.2, 0.25) is 0 Å². The number of aliphatic carboxylic acids is 1. The van der Waals surface area contributed by atoms with Crippen molar-refractivity contribution in [3.05, 3.63) is 0 Å². The van der Waals surface area contributed by atoms with Gasteiger partial charge >= 0.3 is 57.2 Å². The molecule has 0 saturated carbocycles. The van der Waals surface area contributed by atoms with Gasteiger partial charge in [0.15, 0.2) is 0 Å². The van der Waals surface area contributed by atoms with Gasteiger partial charge in [-0.1, -0.05) is 0 Å². The average molecular weight is 202 g/mol. The molecule has 0 saturated heterocycles. The van der Waals surface area contributed by atoms with E-state index in [2.05, 4.69) is 0 Å². The topological polar surface area (TPSA) is 37.3 Å². The predicted molar refractivity (Wildman–Crippen MR) is 26.3 cm³/mol. The van der Waals surface area contributed by atoms with Crippen LogP contribution in [0.5, 0.6) is 0 Å². The van der Waals surface area contributed by atoms with Gasteiger partial charge in [-0.2, -0.15) is 0 Å². The van der Waals surface area contributed by atoms with Crippen molar-refractivity contribution < 1.29 is 29.4 Å². The molecule has 1 N–H and O–H groups in total. The summed E-state index contributed by atoms with van der Waals surface area (Å²) in [5.74, 6) is -0.833. The minimum Gasteiger partial charge on any atom is -0.481 e. The van der Waals surface area contributed by atoms with Gasteiger partial charge < -0.3 is 5.11 Å². The van der Waals surface area contributed by atoms with E-state index in [1.54, 1.807) is 0 Å². The van der Waals surface area contributed by atoms with Gasteiger partial charge in [0.2, 0.25) is 0 Å². The van der Waals surface area contributed by atoms with Gasteiger partial charge in [0.25, 0.3) is 5.97 Å². The van der Waals surface area contributed by atoms with Crippen molar-refractivity contribution in [3.8, 4) is 0 Å². The van der Waals surface area contributed by atoms with Gasteiger partial charge in [0, 0.05) is 6.92 Å². The summed E-state index contributed by atoms with van der Waals surface area (Å²) in [5.41, 5.74) is 0. The summed E-state index contributed by atoms with van der Waals surface area (Å²) in [6.45, 7) is 1.08. The van der Waals surface area contributed by atoms with E-state index in [-0.39, 0.29) is 69.6 Å². The Balaban J connectivity index is -0.0000000150. The Bertz CT molecular complexity index is 38.7. The summed E-state index contributed by atoms with van der Waals surface area (Å²) in [4.78, 5) is 9.00. The van der Waals surface area contributed by atoms with Crippen LogP contribution in [-0.4, -0.2) is 48.8 Å². The third-order valence-corrected chi connectivity index (χ3v) is 0. The average Bonchev–Trinajstić information content (AvgIpc) is 0.811. The van der Waals surface area contributed by atoms with Crippen LogP contribution >= 0.6 is 12.4 Å². The van der Waals surface area contributed by atoms with Gasteiger partial charge in [-0.3, -0.25) is 4.79 Å². The van der Waals surface area contributed by atoms with E-state index in [4.69, 9.17) is 9.90 Å². The van der Waals surface area contributed by atoms with Crippen molar-refractivity contribution in [1.82, 2.24) is 0 Å². The Morgan fingerprint density at radius 1 is 1.57 bits per heavy atom. The second-order valence-corrected chi connectivity index (χ2v) is 0.519. The first-order valence-corrected chi connectivity index (χ1v) is 0.928. The Labute approximate surface area is 91.2 Å². The maximum Gasteiger partial charge on any atom is 2.00 e. The fourth-order valence-corrected chi connectivity index (χ4v) is 0. The van der Waals surface area contributed by atoms with Gasteiger partial charge in [0.05, 0.1) is 0 Å². The molecule has 5 heteroatoms. The molecular weight excluding hydrogens is 197 g/mol. The molecule has 0 aliphatic rings. The molecular formula is C2H5CaClO2Zn+4. The molecule has 0 rings (SSSR count). The van der Waals surface area contributed by atoms with Crippen LogP contribution in [0.4, 0.5) is 0 Å². The second-order valence-electron chi connectivity index (χ2n) is 0.519. The number of hydrogen-bond donors (Lipinski definition) is 1. The smallest absolute Gasteiger partial charge is 0.481 e. The summed E-state index contributed by atoms with van der Waals surface area (Å²) in [6.07, 6.45) is 0. The molecule has 0 radical (unpaired) electrons. The Hall–Kier alpha value is 1.64. The molecule has 0 aromatic heterocycles. The van der Waals surface area contributed by atoms with Gasteiger partial charge in [-0.25, -0.2) is 0 Å². The number of rotatable bonds is 0. The third-order valence-electron chi connectivity index (χ3n) is 0. The molecule has 0 aliphatic carbocycles. The molecule has 0 aromatic rings. The molecule has 2 nitrogen and oxygen atoms in total. The number of carboxylic acid groups (broad SMARTS) is 1. The molecule has 0 aliphatic heterocycles. The molecule has 7 heavy (non-hydrogen) atoms. The van der Waals surface area contributed by atoms with Crippen LogP contribution < -0.4 is 0 Å². The molecule has 0 heterocycles. The molecule has 0 spiro atoms. The minimum atomic E-state index is -0.833. The zero-order valence-electron chi connectivity index (χ0n) is 4.18. The minimum absolute atomic E-state index is 0. The first kappa shape index (κ1) is 23.4. The molecule has 0 bridgehead atoms. The summed E-state index contributed by atoms with van der Waals surface area (Å²) < 4.78 is 0. The van der Waals surface area contributed by atoms with Crippen molar-refractivity contribution >= 4 is 56.1 Å². The third kappa shape index (κ3) is 90.2. The fraction of sp³-hybridized carbons (Fsp3) is 0.500. The van der Waals surface area contributed by atoms with Crippen molar-refractivity contribution in [2.75, 3.05) is 0 Å². The zero-order chi connectivity index (χ0) is 3.58. The maximum absolute atomic E-state index is 9.00. The number of hydrogen-bond acceptors (Lipinski definition) is 1. The Morgan fingerprint density at radius 3 is 1.57 bits per heavy atom. The van der Waals surface area contributed by atoms with Gasteiger partial charge in [-0.05, 0) is 0 Å². The van der Waals surface area contributed by atoms with E-state index in [0.29, 0.717) is 0 Å². The summed E-state index contributed by atoms with van der Waals surface area (Å²) in [6, 6.07) is 0. The number of halogens is 1. The summed E-state index contributed by atoms with van der Waals surface area (Å²) >= 11 is 0. The first-order valence-electron chi connectivity index (χ1n) is 0.928. The Kier molecular flexibility index (Phi) is 52.3. The monoisotopic (exact) mass is 200 g/mol. The standard InChI is InChI=1S/C2H4O2.Ca.ClH.Zn/c1-2(3)4;;;/h1H3,(H,3,4);;1H;/q;+2;;+2. The molecule has 0 fully saturated rings. The molecule has 0 unspecified atom stereocenters. The van der Waals surface area contributed by atoms with Crippen molar-refractivity contribution in [2.24, 2.45) is 0 Å². The quantitative estimate of drug-likeness (QED) is 0.567. The maximum atomic E-state index is 9.00. The van der Waals surface area contributed by atoms with Gasteiger partial charge in [0.1, 0.15) is 0 Å². The predicted octanol–water partition coefficient (Wildman–Crippen LogP) is 0.129. The normalized spacial score (nSPS) is 3.57.